The quantitative estimate of drug-likeness (QED) is 0.341. The van der Waals surface area contributed by atoms with Crippen molar-refractivity contribution >= 4 is 34.2 Å². The molecule has 6 rings (SSSR count). The molecule has 0 radical (unpaired) electrons. The van der Waals surface area contributed by atoms with Crippen molar-refractivity contribution < 1.29 is 18.8 Å². The summed E-state index contributed by atoms with van der Waals surface area (Å²) in [7, 11) is -1.49. The van der Waals surface area contributed by atoms with E-state index in [9.17, 15) is 14.1 Å². The van der Waals surface area contributed by atoms with Gasteiger partial charge in [0.15, 0.2) is 0 Å². The fraction of sp³-hybridized carbons (Fsp3) is 0.583. The second-order valence-electron chi connectivity index (χ2n) is 13.4. The number of carbonyl (C=O) groups excluding carboxylic acids is 1. The minimum atomic E-state index is -1.49. The van der Waals surface area contributed by atoms with Gasteiger partial charge < -0.3 is 14.7 Å². The molecule has 2 aromatic rings. The molecule has 2 heterocycles. The molecule has 6 unspecified atom stereocenters. The van der Waals surface area contributed by atoms with Crippen LogP contribution in [0.5, 0.6) is 5.75 Å². The molecular weight excluding hydrogens is 592 g/mol. The summed E-state index contributed by atoms with van der Waals surface area (Å²) in [6.45, 7) is 8.52. The third-order valence-electron chi connectivity index (χ3n) is 9.78. The summed E-state index contributed by atoms with van der Waals surface area (Å²) in [6, 6.07) is 11.6. The molecule has 8 heteroatoms. The molecule has 2 fully saturated rings. The van der Waals surface area contributed by atoms with Crippen LogP contribution in [0.1, 0.15) is 93.1 Å². The van der Waals surface area contributed by atoms with E-state index in [-0.39, 0.29) is 23.7 Å². The lowest BCUT2D eigenvalue weighted by Crippen LogP contribution is -2.44. The third kappa shape index (κ3) is 8.27. The van der Waals surface area contributed by atoms with Crippen LogP contribution in [0.2, 0.25) is 5.02 Å². The molecule has 44 heavy (non-hydrogen) atoms. The number of aliphatic hydroxyl groups excluding tert-OH is 1. The average molecular weight is 641 g/mol. The van der Waals surface area contributed by atoms with Crippen molar-refractivity contribution in [3.05, 3.63) is 70.3 Å². The van der Waals surface area contributed by atoms with E-state index in [2.05, 4.69) is 35.6 Å². The summed E-state index contributed by atoms with van der Waals surface area (Å²) in [5, 5.41) is 11.7. The smallest absolute Gasteiger partial charge is 0.263 e. The van der Waals surface area contributed by atoms with Gasteiger partial charge in [0, 0.05) is 35.3 Å². The van der Waals surface area contributed by atoms with E-state index in [1.165, 1.54) is 30.4 Å². The Kier molecular flexibility index (Phi) is 11.5. The number of allylic oxidation sites excluding steroid dienone is 1. The number of hydrogen-bond donors (Lipinski definition) is 2. The maximum atomic E-state index is 13.1. The van der Waals surface area contributed by atoms with Gasteiger partial charge in [-0.25, -0.2) is 4.21 Å². The number of aliphatic hydroxyl groups is 1. The largest absolute Gasteiger partial charge is 0.491 e. The Bertz CT molecular complexity index is 1350. The molecule has 2 aromatic carbocycles. The summed E-state index contributed by atoms with van der Waals surface area (Å²) in [6.07, 6.45) is 12.6. The van der Waals surface area contributed by atoms with Gasteiger partial charge in [0.25, 0.3) is 5.91 Å². The number of rotatable bonds is 3. The maximum absolute atomic E-state index is 13.1. The first-order valence-electron chi connectivity index (χ1n) is 16.6. The number of carbonyl (C=O) groups is 1. The second-order valence-corrected chi connectivity index (χ2v) is 15.1. The highest BCUT2D eigenvalue weighted by Crippen LogP contribution is 2.42. The van der Waals surface area contributed by atoms with Gasteiger partial charge in [0.05, 0.1) is 18.4 Å². The van der Waals surface area contributed by atoms with Crippen LogP contribution in [0.25, 0.3) is 0 Å². The van der Waals surface area contributed by atoms with Crippen LogP contribution in [-0.4, -0.2) is 46.8 Å². The van der Waals surface area contributed by atoms with Crippen LogP contribution in [0, 0.1) is 23.7 Å². The summed E-state index contributed by atoms with van der Waals surface area (Å²) in [4.78, 5) is 15.4. The maximum Gasteiger partial charge on any atom is 0.263 e. The van der Waals surface area contributed by atoms with Crippen LogP contribution in [0.3, 0.4) is 0 Å². The van der Waals surface area contributed by atoms with Crippen molar-refractivity contribution in [3.63, 3.8) is 0 Å². The minimum Gasteiger partial charge on any atom is -0.491 e. The van der Waals surface area contributed by atoms with E-state index in [4.69, 9.17) is 16.3 Å². The van der Waals surface area contributed by atoms with Gasteiger partial charge in [-0.15, -0.1) is 0 Å². The fourth-order valence-electron chi connectivity index (χ4n) is 6.74. The SMILES string of the molecule is CC1CCC1.CCCc1cc(Cl)ccc1C1COc2ccc3cc2N(C1)CC1CCC1C(O)/C=C/CC(C)CS(=O)NC3=O. The predicted molar refractivity (Wildman–Crippen MR) is 181 cm³/mol. The molecule has 1 amide bonds. The number of aryl methyl sites for hydroxylation is 1. The number of anilines is 1. The highest BCUT2D eigenvalue weighted by molar-refractivity contribution is 7.83. The van der Waals surface area contributed by atoms with Crippen LogP contribution in [0.4, 0.5) is 5.69 Å². The highest BCUT2D eigenvalue weighted by Gasteiger charge is 2.38. The van der Waals surface area contributed by atoms with Crippen molar-refractivity contribution in [1.82, 2.24) is 4.72 Å². The number of nitrogens with one attached hydrogen (secondary N) is 1. The summed E-state index contributed by atoms with van der Waals surface area (Å²) in [5.74, 6) is 2.61. The van der Waals surface area contributed by atoms with Gasteiger partial charge in [-0.1, -0.05) is 76.3 Å². The van der Waals surface area contributed by atoms with Crippen molar-refractivity contribution in [2.45, 2.75) is 84.2 Å². The zero-order valence-corrected chi connectivity index (χ0v) is 28.0. The van der Waals surface area contributed by atoms with Crippen LogP contribution >= 0.6 is 11.6 Å². The van der Waals surface area contributed by atoms with Gasteiger partial charge in [0.1, 0.15) is 16.7 Å². The fourth-order valence-corrected chi connectivity index (χ4v) is 8.00. The highest BCUT2D eigenvalue weighted by atomic mass is 35.5. The summed E-state index contributed by atoms with van der Waals surface area (Å²) in [5.41, 5.74) is 3.84. The topological polar surface area (TPSA) is 78.9 Å². The Balaban J connectivity index is 0.000000698. The summed E-state index contributed by atoms with van der Waals surface area (Å²) < 4.78 is 21.7. The molecule has 2 bridgehead atoms. The zero-order chi connectivity index (χ0) is 31.2. The Labute approximate surface area is 271 Å². The van der Waals surface area contributed by atoms with Crippen LogP contribution in [-0.2, 0) is 17.4 Å². The van der Waals surface area contributed by atoms with Gasteiger partial charge in [0.2, 0.25) is 0 Å². The molecule has 4 aliphatic rings. The molecule has 0 saturated heterocycles. The van der Waals surface area contributed by atoms with Crippen molar-refractivity contribution in [2.24, 2.45) is 23.7 Å². The first-order chi connectivity index (χ1) is 21.2. The zero-order valence-electron chi connectivity index (χ0n) is 26.5. The molecule has 6 atom stereocenters. The van der Waals surface area contributed by atoms with Crippen molar-refractivity contribution in [2.75, 3.05) is 30.3 Å². The number of ether oxygens (including phenoxy) is 1. The lowest BCUT2D eigenvalue weighted by molar-refractivity contribution is 0.0461. The Morgan fingerprint density at radius 3 is 2.55 bits per heavy atom. The number of amides is 1. The monoisotopic (exact) mass is 640 g/mol. The van der Waals surface area contributed by atoms with Gasteiger partial charge in [-0.2, -0.15) is 0 Å². The average Bonchev–Trinajstić information content (AvgIpc) is 3.13. The van der Waals surface area contributed by atoms with Gasteiger partial charge in [-0.3, -0.25) is 9.52 Å². The first-order valence-corrected chi connectivity index (χ1v) is 18.3. The molecule has 240 valence electrons. The molecule has 2 saturated carbocycles. The van der Waals surface area contributed by atoms with E-state index < -0.39 is 17.1 Å². The molecular formula is C36H49ClN2O4S. The normalized spacial score (nSPS) is 29.8. The minimum absolute atomic E-state index is 0.122. The van der Waals surface area contributed by atoms with Crippen LogP contribution in [0.15, 0.2) is 48.6 Å². The van der Waals surface area contributed by atoms with Crippen LogP contribution < -0.4 is 14.4 Å². The first kappa shape index (κ1) is 33.0. The lowest BCUT2D eigenvalue weighted by Gasteiger charge is -2.42. The molecule has 2 N–H and O–H groups in total. The van der Waals surface area contributed by atoms with E-state index >= 15 is 0 Å². The number of halogens is 1. The Morgan fingerprint density at radius 1 is 1.07 bits per heavy atom. The number of fused-ring (bicyclic) bond motifs is 2. The van der Waals surface area contributed by atoms with E-state index in [0.717, 1.165) is 61.2 Å². The summed E-state index contributed by atoms with van der Waals surface area (Å²) >= 11 is 6.37. The second kappa shape index (κ2) is 15.3. The predicted octanol–water partition coefficient (Wildman–Crippen LogP) is 7.46. The molecule has 2 aliphatic heterocycles. The van der Waals surface area contributed by atoms with E-state index in [0.29, 0.717) is 30.3 Å². The number of benzene rings is 2. The van der Waals surface area contributed by atoms with E-state index in [1.807, 2.05) is 37.3 Å². The van der Waals surface area contributed by atoms with Gasteiger partial charge >= 0.3 is 0 Å². The lowest BCUT2D eigenvalue weighted by atomic mass is 9.70. The number of nitrogens with zero attached hydrogens (tertiary/aromatic N) is 1. The van der Waals surface area contributed by atoms with E-state index in [1.54, 1.807) is 6.07 Å². The Hall–Kier alpha value is -2.35. The molecule has 0 spiro atoms. The Morgan fingerprint density at radius 2 is 1.86 bits per heavy atom. The number of hydrogen-bond acceptors (Lipinski definition) is 5. The van der Waals surface area contributed by atoms with Crippen molar-refractivity contribution in [3.8, 4) is 5.75 Å². The van der Waals surface area contributed by atoms with Crippen molar-refractivity contribution in [1.29, 1.82) is 0 Å². The molecule has 0 aromatic heterocycles. The third-order valence-corrected chi connectivity index (χ3v) is 11.3. The molecule has 6 nitrogen and oxygen atoms in total. The molecule has 2 aliphatic carbocycles. The van der Waals surface area contributed by atoms with Gasteiger partial charge in [-0.05, 0) is 90.8 Å². The standard InChI is InChI=1S/C31H39ClN2O4S.C5H10/c1-3-5-21-14-25(32)10-12-26(21)24-17-34-16-23-8-11-27(23)29(35)7-4-6-20(2)19-39(37)33-31(36)22-9-13-30(38-18-24)28(34)15-22;1-5-3-2-4-5/h4,7,9-10,12-15,20,23-24,27,29,35H,3,5-6,8,11,16-19H2,1-2H3,(H,33,36);5H,2-4H2,1H3/b7-4+;.